The van der Waals surface area contributed by atoms with Gasteiger partial charge in [0, 0.05) is 23.2 Å². The molecule has 0 aliphatic heterocycles. The molecule has 0 aliphatic carbocycles. The molecule has 20 heavy (non-hydrogen) atoms. The van der Waals surface area contributed by atoms with Gasteiger partial charge in [-0.05, 0) is 37.3 Å². The van der Waals surface area contributed by atoms with Gasteiger partial charge in [0.15, 0.2) is 0 Å². The zero-order valence-corrected chi connectivity index (χ0v) is 11.4. The van der Waals surface area contributed by atoms with E-state index in [9.17, 15) is 13.2 Å². The first kappa shape index (κ1) is 14.8. The number of hydrogen-bond donors (Lipinski definition) is 1. The average molecular weight is 304 g/mol. The highest BCUT2D eigenvalue weighted by Crippen LogP contribution is 2.33. The fourth-order valence-electron chi connectivity index (χ4n) is 1.90. The Morgan fingerprint density at radius 3 is 2.65 bits per heavy atom. The highest BCUT2D eigenvalue weighted by atomic mass is 35.5. The number of anilines is 1. The second kappa shape index (κ2) is 5.79. The standard InChI is InChI=1S/C14H13ClF3NO/c1-9(5-13-3-2-4-20-13)19-12-7-10(14(16,17)18)6-11(15)8-12/h2-4,6-9,19H,5H2,1H3. The van der Waals surface area contributed by atoms with Crippen LogP contribution in [0.1, 0.15) is 18.2 Å². The van der Waals surface area contributed by atoms with Crippen LogP contribution in [0.3, 0.4) is 0 Å². The van der Waals surface area contributed by atoms with Crippen molar-refractivity contribution in [2.24, 2.45) is 0 Å². The van der Waals surface area contributed by atoms with Gasteiger partial charge in [-0.25, -0.2) is 0 Å². The molecule has 1 atom stereocenters. The van der Waals surface area contributed by atoms with E-state index in [1.54, 1.807) is 12.3 Å². The molecule has 0 bridgehead atoms. The van der Waals surface area contributed by atoms with Crippen LogP contribution >= 0.6 is 11.6 Å². The van der Waals surface area contributed by atoms with E-state index in [0.717, 1.165) is 17.9 Å². The van der Waals surface area contributed by atoms with E-state index in [1.165, 1.54) is 6.07 Å². The van der Waals surface area contributed by atoms with E-state index in [4.69, 9.17) is 16.0 Å². The van der Waals surface area contributed by atoms with Gasteiger partial charge < -0.3 is 9.73 Å². The van der Waals surface area contributed by atoms with Crippen LogP contribution in [0.5, 0.6) is 0 Å². The van der Waals surface area contributed by atoms with Crippen LogP contribution in [0.4, 0.5) is 18.9 Å². The second-order valence-corrected chi connectivity index (χ2v) is 4.99. The smallest absolute Gasteiger partial charge is 0.416 e. The summed E-state index contributed by atoms with van der Waals surface area (Å²) in [6, 6.07) is 6.92. The van der Waals surface area contributed by atoms with Gasteiger partial charge in [0.2, 0.25) is 0 Å². The third kappa shape index (κ3) is 3.93. The van der Waals surface area contributed by atoms with Crippen molar-refractivity contribution in [1.29, 1.82) is 0 Å². The van der Waals surface area contributed by atoms with Crippen molar-refractivity contribution in [1.82, 2.24) is 0 Å². The van der Waals surface area contributed by atoms with E-state index >= 15 is 0 Å². The number of rotatable bonds is 4. The lowest BCUT2D eigenvalue weighted by molar-refractivity contribution is -0.137. The molecule has 2 rings (SSSR count). The summed E-state index contributed by atoms with van der Waals surface area (Å²) in [5.41, 5.74) is -0.429. The molecule has 2 aromatic rings. The van der Waals surface area contributed by atoms with Crippen molar-refractivity contribution in [3.8, 4) is 0 Å². The summed E-state index contributed by atoms with van der Waals surface area (Å²) in [5.74, 6) is 0.767. The minimum atomic E-state index is -4.41. The summed E-state index contributed by atoms with van der Waals surface area (Å²) in [6.07, 6.45) is -2.28. The van der Waals surface area contributed by atoms with Crippen molar-refractivity contribution in [2.45, 2.75) is 25.6 Å². The molecule has 1 aromatic heterocycles. The van der Waals surface area contributed by atoms with E-state index in [0.29, 0.717) is 12.1 Å². The Morgan fingerprint density at radius 1 is 1.30 bits per heavy atom. The van der Waals surface area contributed by atoms with E-state index in [2.05, 4.69) is 5.32 Å². The number of benzene rings is 1. The molecule has 1 heterocycles. The summed E-state index contributed by atoms with van der Waals surface area (Å²) in [6.45, 7) is 1.86. The summed E-state index contributed by atoms with van der Waals surface area (Å²) < 4.78 is 43.3. The maximum absolute atomic E-state index is 12.7. The fraction of sp³-hybridized carbons (Fsp3) is 0.286. The second-order valence-electron chi connectivity index (χ2n) is 4.56. The van der Waals surface area contributed by atoms with Crippen LogP contribution in [0.15, 0.2) is 41.0 Å². The Balaban J connectivity index is 2.11. The predicted octanol–water partition coefficient (Wildman–Crippen LogP) is 4.99. The molecule has 0 amide bonds. The Bertz CT molecular complexity index is 566. The average Bonchev–Trinajstić information content (AvgIpc) is 2.79. The maximum Gasteiger partial charge on any atom is 0.416 e. The van der Waals surface area contributed by atoms with Crippen molar-refractivity contribution < 1.29 is 17.6 Å². The molecule has 1 N–H and O–H groups in total. The molecule has 2 nitrogen and oxygen atoms in total. The summed E-state index contributed by atoms with van der Waals surface area (Å²) in [4.78, 5) is 0. The molecule has 0 spiro atoms. The van der Waals surface area contributed by atoms with Gasteiger partial charge >= 0.3 is 6.18 Å². The van der Waals surface area contributed by atoms with Gasteiger partial charge in [-0.3, -0.25) is 0 Å². The lowest BCUT2D eigenvalue weighted by Gasteiger charge is -2.16. The molecular formula is C14H13ClF3NO. The quantitative estimate of drug-likeness (QED) is 0.860. The molecule has 108 valence electrons. The number of furan rings is 1. The minimum Gasteiger partial charge on any atom is -0.469 e. The third-order valence-corrected chi connectivity index (χ3v) is 2.94. The van der Waals surface area contributed by atoms with Crippen LogP contribution in [-0.2, 0) is 12.6 Å². The minimum absolute atomic E-state index is 0.0486. The lowest BCUT2D eigenvalue weighted by atomic mass is 10.1. The van der Waals surface area contributed by atoms with Gasteiger partial charge in [-0.2, -0.15) is 13.2 Å². The molecule has 0 radical (unpaired) electrons. The molecule has 1 unspecified atom stereocenters. The van der Waals surface area contributed by atoms with E-state index in [1.807, 2.05) is 13.0 Å². The zero-order chi connectivity index (χ0) is 14.8. The summed E-state index contributed by atoms with van der Waals surface area (Å²) in [5, 5.41) is 3.04. The van der Waals surface area contributed by atoms with Crippen LogP contribution in [0.25, 0.3) is 0 Å². The highest BCUT2D eigenvalue weighted by Gasteiger charge is 2.31. The maximum atomic E-state index is 12.7. The van der Waals surface area contributed by atoms with Gasteiger partial charge in [-0.15, -0.1) is 0 Å². The molecule has 0 saturated carbocycles. The normalized spacial score (nSPS) is 13.2. The van der Waals surface area contributed by atoms with Crippen LogP contribution < -0.4 is 5.32 Å². The number of hydrogen-bond acceptors (Lipinski definition) is 2. The Hall–Kier alpha value is -1.62. The largest absolute Gasteiger partial charge is 0.469 e. The lowest BCUT2D eigenvalue weighted by Crippen LogP contribution is -2.18. The summed E-state index contributed by atoms with van der Waals surface area (Å²) in [7, 11) is 0. The molecule has 0 saturated heterocycles. The van der Waals surface area contributed by atoms with Crippen molar-refractivity contribution >= 4 is 17.3 Å². The zero-order valence-electron chi connectivity index (χ0n) is 10.7. The number of nitrogens with one attached hydrogen (secondary N) is 1. The van der Waals surface area contributed by atoms with Crippen molar-refractivity contribution in [2.75, 3.05) is 5.32 Å². The highest BCUT2D eigenvalue weighted by molar-refractivity contribution is 6.30. The Kier molecular flexibility index (Phi) is 4.28. The molecular weight excluding hydrogens is 291 g/mol. The first-order valence-corrected chi connectivity index (χ1v) is 6.39. The third-order valence-electron chi connectivity index (χ3n) is 2.73. The van der Waals surface area contributed by atoms with Gasteiger partial charge in [-0.1, -0.05) is 11.6 Å². The summed E-state index contributed by atoms with van der Waals surface area (Å²) >= 11 is 5.72. The van der Waals surface area contributed by atoms with E-state index < -0.39 is 11.7 Å². The number of halogens is 4. The molecule has 6 heteroatoms. The molecule has 0 fully saturated rings. The first-order chi connectivity index (χ1) is 9.34. The molecule has 1 aromatic carbocycles. The van der Waals surface area contributed by atoms with Gasteiger partial charge in [0.25, 0.3) is 0 Å². The van der Waals surface area contributed by atoms with E-state index in [-0.39, 0.29) is 11.1 Å². The fourth-order valence-corrected chi connectivity index (χ4v) is 2.14. The SMILES string of the molecule is CC(Cc1ccco1)Nc1cc(Cl)cc(C(F)(F)F)c1. The van der Waals surface area contributed by atoms with Crippen LogP contribution in [0, 0.1) is 0 Å². The van der Waals surface area contributed by atoms with Gasteiger partial charge in [0.1, 0.15) is 5.76 Å². The Morgan fingerprint density at radius 2 is 2.05 bits per heavy atom. The van der Waals surface area contributed by atoms with Crippen LogP contribution in [-0.4, -0.2) is 6.04 Å². The van der Waals surface area contributed by atoms with Gasteiger partial charge in [0.05, 0.1) is 11.8 Å². The topological polar surface area (TPSA) is 25.2 Å². The monoisotopic (exact) mass is 303 g/mol. The first-order valence-electron chi connectivity index (χ1n) is 6.01. The van der Waals surface area contributed by atoms with Crippen LogP contribution in [0.2, 0.25) is 5.02 Å². The van der Waals surface area contributed by atoms with Crippen molar-refractivity contribution in [3.63, 3.8) is 0 Å². The Labute approximate surface area is 119 Å². The number of alkyl halides is 3. The molecule has 0 aliphatic rings. The predicted molar refractivity (Wildman–Crippen MR) is 72.0 cm³/mol. The van der Waals surface area contributed by atoms with Crippen molar-refractivity contribution in [3.05, 3.63) is 52.9 Å².